The molecule has 1 amide bonds. The smallest absolute Gasteiger partial charge is 0.233 e. The molecule has 0 radical (unpaired) electrons. The van der Waals surface area contributed by atoms with Crippen LogP contribution in [0.25, 0.3) is 0 Å². The van der Waals surface area contributed by atoms with Crippen LogP contribution < -0.4 is 4.74 Å². The average molecular weight is 412 g/mol. The summed E-state index contributed by atoms with van der Waals surface area (Å²) in [6.07, 6.45) is 1.75. The zero-order valence-electron chi connectivity index (χ0n) is 16.5. The van der Waals surface area contributed by atoms with Gasteiger partial charge in [0.1, 0.15) is 10.8 Å². The lowest BCUT2D eigenvalue weighted by molar-refractivity contribution is -0.135. The Kier molecular flexibility index (Phi) is 6.18. The van der Waals surface area contributed by atoms with Crippen LogP contribution in [0.15, 0.2) is 64.8 Å². The standard InChI is InChI=1S/C22H25N3O3S/c1-2-28-19-8-9-21(23-10-19)29-25-13-18(14-25)17-11-24(12-17)22(27)20(15-26)16-6-4-3-5-7-16/h3-10,20,26H,2,11-15H2,1H3. The Morgan fingerprint density at radius 1 is 1.14 bits per heavy atom. The zero-order chi connectivity index (χ0) is 20.2. The van der Waals surface area contributed by atoms with Gasteiger partial charge in [0.15, 0.2) is 0 Å². The zero-order valence-corrected chi connectivity index (χ0v) is 17.3. The van der Waals surface area contributed by atoms with E-state index in [-0.39, 0.29) is 12.5 Å². The van der Waals surface area contributed by atoms with Crippen molar-refractivity contribution in [2.24, 2.45) is 0 Å². The van der Waals surface area contributed by atoms with Crippen LogP contribution in [-0.4, -0.2) is 64.6 Å². The summed E-state index contributed by atoms with van der Waals surface area (Å²) >= 11 is 1.64. The number of amides is 1. The predicted octanol–water partition coefficient (Wildman–Crippen LogP) is 2.72. The van der Waals surface area contributed by atoms with Gasteiger partial charge >= 0.3 is 0 Å². The summed E-state index contributed by atoms with van der Waals surface area (Å²) in [7, 11) is 0. The summed E-state index contributed by atoms with van der Waals surface area (Å²) in [5, 5.41) is 10.6. The lowest BCUT2D eigenvalue weighted by atomic mass is 9.92. The Labute approximate surface area is 175 Å². The molecular formula is C22H25N3O3S. The van der Waals surface area contributed by atoms with E-state index in [2.05, 4.69) is 9.29 Å². The van der Waals surface area contributed by atoms with Crippen molar-refractivity contribution in [3.8, 4) is 5.75 Å². The minimum absolute atomic E-state index is 0.00666. The van der Waals surface area contributed by atoms with Gasteiger partial charge in [-0.25, -0.2) is 9.29 Å². The van der Waals surface area contributed by atoms with Crippen molar-refractivity contribution in [1.29, 1.82) is 0 Å². The second-order valence-electron chi connectivity index (χ2n) is 7.20. The van der Waals surface area contributed by atoms with Crippen LogP contribution in [0, 0.1) is 0 Å². The molecule has 2 saturated heterocycles. The molecule has 1 aromatic heterocycles. The third kappa shape index (κ3) is 4.47. The van der Waals surface area contributed by atoms with Gasteiger partial charge in [0.05, 0.1) is 25.3 Å². The average Bonchev–Trinajstić information content (AvgIpc) is 2.68. The SMILES string of the molecule is CCOc1ccc(SN2CC(=C3CN(C(=O)C(CO)c4ccccc4)C3)C2)nc1. The summed E-state index contributed by atoms with van der Waals surface area (Å²) in [6.45, 7) is 5.59. The predicted molar refractivity (Wildman–Crippen MR) is 113 cm³/mol. The second kappa shape index (κ2) is 8.98. The molecule has 1 aromatic carbocycles. The number of nitrogens with zero attached hydrogens (tertiary/aromatic N) is 3. The second-order valence-corrected chi connectivity index (χ2v) is 8.32. The van der Waals surface area contributed by atoms with Crippen LogP contribution in [0.2, 0.25) is 0 Å². The van der Waals surface area contributed by atoms with E-state index in [4.69, 9.17) is 4.74 Å². The van der Waals surface area contributed by atoms with Gasteiger partial charge in [-0.3, -0.25) is 4.79 Å². The first-order valence-electron chi connectivity index (χ1n) is 9.84. The van der Waals surface area contributed by atoms with Gasteiger partial charge in [-0.15, -0.1) is 0 Å². The fourth-order valence-electron chi connectivity index (χ4n) is 3.50. The van der Waals surface area contributed by atoms with Gasteiger partial charge in [0, 0.05) is 26.2 Å². The molecule has 7 heteroatoms. The lowest BCUT2D eigenvalue weighted by Gasteiger charge is -2.42. The van der Waals surface area contributed by atoms with E-state index in [0.29, 0.717) is 19.7 Å². The van der Waals surface area contributed by atoms with E-state index < -0.39 is 5.92 Å². The van der Waals surface area contributed by atoms with Gasteiger partial charge in [-0.2, -0.15) is 0 Å². The number of aliphatic hydroxyl groups is 1. The minimum Gasteiger partial charge on any atom is -0.492 e. The number of rotatable bonds is 7. The van der Waals surface area contributed by atoms with Crippen molar-refractivity contribution in [3.05, 3.63) is 65.4 Å². The maximum Gasteiger partial charge on any atom is 0.233 e. The topological polar surface area (TPSA) is 65.9 Å². The Morgan fingerprint density at radius 2 is 1.86 bits per heavy atom. The van der Waals surface area contributed by atoms with E-state index in [1.54, 1.807) is 18.1 Å². The summed E-state index contributed by atoms with van der Waals surface area (Å²) in [5.74, 6) is 0.327. The Morgan fingerprint density at radius 3 is 2.48 bits per heavy atom. The molecule has 2 fully saturated rings. The molecule has 0 aliphatic carbocycles. The van der Waals surface area contributed by atoms with Crippen LogP contribution >= 0.6 is 11.9 Å². The molecule has 1 N–H and O–H groups in total. The van der Waals surface area contributed by atoms with Crippen LogP contribution in [-0.2, 0) is 4.79 Å². The van der Waals surface area contributed by atoms with Gasteiger partial charge in [-0.05, 0) is 47.7 Å². The monoisotopic (exact) mass is 411 g/mol. The highest BCUT2D eigenvalue weighted by Crippen LogP contribution is 2.34. The molecule has 152 valence electrons. The number of hydrogen-bond acceptors (Lipinski definition) is 6. The lowest BCUT2D eigenvalue weighted by Crippen LogP contribution is -2.50. The molecule has 0 saturated carbocycles. The maximum atomic E-state index is 12.7. The number of aromatic nitrogens is 1. The van der Waals surface area contributed by atoms with Crippen LogP contribution in [0.4, 0.5) is 0 Å². The highest BCUT2D eigenvalue weighted by molar-refractivity contribution is 7.97. The first-order chi connectivity index (χ1) is 14.2. The summed E-state index contributed by atoms with van der Waals surface area (Å²) in [5.41, 5.74) is 3.63. The molecule has 3 heterocycles. The highest BCUT2D eigenvalue weighted by Gasteiger charge is 2.35. The van der Waals surface area contributed by atoms with Crippen LogP contribution in [0.3, 0.4) is 0 Å². The molecule has 0 spiro atoms. The number of hydrogen-bond donors (Lipinski definition) is 1. The summed E-state index contributed by atoms with van der Waals surface area (Å²) in [4.78, 5) is 19.0. The molecule has 0 bridgehead atoms. The molecule has 2 aromatic rings. The maximum absolute atomic E-state index is 12.7. The Bertz CT molecular complexity index is 870. The summed E-state index contributed by atoms with van der Waals surface area (Å²) < 4.78 is 7.68. The van der Waals surface area contributed by atoms with Gasteiger partial charge in [-0.1, -0.05) is 30.3 Å². The molecule has 2 aliphatic heterocycles. The van der Waals surface area contributed by atoms with Crippen molar-refractivity contribution >= 4 is 17.9 Å². The number of pyridine rings is 1. The third-order valence-corrected chi connectivity index (χ3v) is 6.18. The number of carbonyl (C=O) groups excluding carboxylic acids is 1. The van der Waals surface area contributed by atoms with E-state index in [0.717, 1.165) is 29.4 Å². The van der Waals surface area contributed by atoms with Crippen LogP contribution in [0.1, 0.15) is 18.4 Å². The fourth-order valence-corrected chi connectivity index (χ4v) is 4.43. The number of benzene rings is 1. The first-order valence-corrected chi connectivity index (χ1v) is 10.6. The van der Waals surface area contributed by atoms with E-state index in [1.165, 1.54) is 11.1 Å². The van der Waals surface area contributed by atoms with Gasteiger partial charge in [0.2, 0.25) is 5.91 Å². The van der Waals surface area contributed by atoms with Crippen LogP contribution in [0.5, 0.6) is 5.75 Å². The highest BCUT2D eigenvalue weighted by atomic mass is 32.2. The van der Waals surface area contributed by atoms with E-state index in [9.17, 15) is 9.90 Å². The minimum atomic E-state index is -0.470. The van der Waals surface area contributed by atoms with Gasteiger partial charge in [0.25, 0.3) is 0 Å². The number of aliphatic hydroxyl groups excluding tert-OH is 1. The molecule has 6 nitrogen and oxygen atoms in total. The summed E-state index contributed by atoms with van der Waals surface area (Å²) in [6, 6.07) is 13.4. The number of carbonyl (C=O) groups is 1. The molecule has 2 aliphatic rings. The van der Waals surface area contributed by atoms with Gasteiger partial charge < -0.3 is 14.7 Å². The Hall–Kier alpha value is -2.35. The number of likely N-dealkylation sites (tertiary alicyclic amines) is 1. The van der Waals surface area contributed by atoms with Crippen molar-refractivity contribution in [3.63, 3.8) is 0 Å². The van der Waals surface area contributed by atoms with Crippen molar-refractivity contribution in [2.45, 2.75) is 17.9 Å². The van der Waals surface area contributed by atoms with E-state index >= 15 is 0 Å². The number of ether oxygens (including phenoxy) is 1. The Balaban J connectivity index is 1.26. The van der Waals surface area contributed by atoms with Crippen molar-refractivity contribution < 1.29 is 14.6 Å². The normalized spacial score (nSPS) is 17.5. The molecule has 4 rings (SSSR count). The molecule has 1 unspecified atom stereocenters. The quantitative estimate of drug-likeness (QED) is 0.558. The third-order valence-electron chi connectivity index (χ3n) is 5.23. The molecular weight excluding hydrogens is 386 g/mol. The van der Waals surface area contributed by atoms with E-state index in [1.807, 2.05) is 54.3 Å². The molecule has 29 heavy (non-hydrogen) atoms. The van der Waals surface area contributed by atoms with Crippen molar-refractivity contribution in [2.75, 3.05) is 39.4 Å². The molecule has 1 atom stereocenters. The van der Waals surface area contributed by atoms with Crippen molar-refractivity contribution in [1.82, 2.24) is 14.2 Å². The largest absolute Gasteiger partial charge is 0.492 e. The fraction of sp³-hybridized carbons (Fsp3) is 0.364. The first kappa shape index (κ1) is 19.9.